The number of β-amino-alcohol motifs (C(OH)–C–C–N with tert-alkyl or cyclic N) is 1. The third-order valence-corrected chi connectivity index (χ3v) is 5.65. The zero-order chi connectivity index (χ0) is 25.2. The SMILES string of the molecule is O=C(c1cc(C(F)(F)F)ccc1Oc1ccc(-c2cccc([C@H](O)CO)n2)cc1)N1CC[C@H](O)C1. The molecule has 0 spiro atoms. The summed E-state index contributed by atoms with van der Waals surface area (Å²) in [6, 6.07) is 14.2. The van der Waals surface area contributed by atoms with Crippen LogP contribution in [0.15, 0.2) is 60.7 Å². The van der Waals surface area contributed by atoms with Crippen molar-refractivity contribution in [3.63, 3.8) is 0 Å². The van der Waals surface area contributed by atoms with Crippen molar-refractivity contribution < 1.29 is 38.0 Å². The van der Waals surface area contributed by atoms with Gasteiger partial charge in [-0.05, 0) is 61.0 Å². The molecule has 2 aromatic carbocycles. The highest BCUT2D eigenvalue weighted by Crippen LogP contribution is 2.35. The lowest BCUT2D eigenvalue weighted by Crippen LogP contribution is -2.30. The molecule has 2 atom stereocenters. The van der Waals surface area contributed by atoms with Gasteiger partial charge in [0.2, 0.25) is 0 Å². The van der Waals surface area contributed by atoms with Gasteiger partial charge in [0.15, 0.2) is 0 Å². The van der Waals surface area contributed by atoms with Gasteiger partial charge in [0.1, 0.15) is 17.6 Å². The van der Waals surface area contributed by atoms with E-state index >= 15 is 0 Å². The summed E-state index contributed by atoms with van der Waals surface area (Å²) in [5.41, 5.74) is 0.314. The average Bonchev–Trinajstić information content (AvgIpc) is 3.29. The molecule has 1 aliphatic heterocycles. The molecule has 3 aromatic rings. The number of aromatic nitrogens is 1. The number of benzene rings is 2. The Bertz CT molecular complexity index is 1200. The number of hydrogen-bond acceptors (Lipinski definition) is 6. The third kappa shape index (κ3) is 5.61. The number of ether oxygens (including phenoxy) is 1. The van der Waals surface area contributed by atoms with Crippen molar-refractivity contribution in [2.24, 2.45) is 0 Å². The second-order valence-corrected chi connectivity index (χ2v) is 8.17. The molecule has 7 nitrogen and oxygen atoms in total. The monoisotopic (exact) mass is 488 g/mol. The van der Waals surface area contributed by atoms with Gasteiger partial charge in [0.05, 0.1) is 35.2 Å². The van der Waals surface area contributed by atoms with Crippen LogP contribution in [0.3, 0.4) is 0 Å². The van der Waals surface area contributed by atoms with Crippen LogP contribution in [0.5, 0.6) is 11.5 Å². The quantitative estimate of drug-likeness (QED) is 0.488. The fraction of sp³-hybridized carbons (Fsp3) is 0.280. The Balaban J connectivity index is 1.60. The van der Waals surface area contributed by atoms with Crippen molar-refractivity contribution in [2.75, 3.05) is 19.7 Å². The molecule has 184 valence electrons. The van der Waals surface area contributed by atoms with E-state index in [9.17, 15) is 28.2 Å². The predicted molar refractivity (Wildman–Crippen MR) is 120 cm³/mol. The predicted octanol–water partition coefficient (Wildman–Crippen LogP) is 3.79. The number of aliphatic hydroxyl groups is 3. The van der Waals surface area contributed by atoms with Gasteiger partial charge in [-0.15, -0.1) is 0 Å². The van der Waals surface area contributed by atoms with E-state index in [0.717, 1.165) is 18.2 Å². The maximum absolute atomic E-state index is 13.3. The van der Waals surface area contributed by atoms with Gasteiger partial charge in [0.25, 0.3) is 5.91 Å². The molecule has 2 heterocycles. The highest BCUT2D eigenvalue weighted by atomic mass is 19.4. The Morgan fingerprint density at radius 2 is 1.89 bits per heavy atom. The lowest BCUT2D eigenvalue weighted by molar-refractivity contribution is -0.137. The highest BCUT2D eigenvalue weighted by molar-refractivity contribution is 5.97. The van der Waals surface area contributed by atoms with Crippen LogP contribution in [0.2, 0.25) is 0 Å². The average molecular weight is 488 g/mol. The van der Waals surface area contributed by atoms with Gasteiger partial charge in [-0.2, -0.15) is 13.2 Å². The Kier molecular flexibility index (Phi) is 7.06. The van der Waals surface area contributed by atoms with Gasteiger partial charge >= 0.3 is 6.18 Å². The molecule has 1 saturated heterocycles. The van der Waals surface area contributed by atoms with Crippen LogP contribution >= 0.6 is 0 Å². The van der Waals surface area contributed by atoms with E-state index in [1.54, 1.807) is 42.5 Å². The minimum Gasteiger partial charge on any atom is -0.457 e. The van der Waals surface area contributed by atoms with Crippen LogP contribution in [0.4, 0.5) is 13.2 Å². The minimum absolute atomic E-state index is 0.0386. The number of carbonyl (C=O) groups is 1. The topological polar surface area (TPSA) is 103 Å². The summed E-state index contributed by atoms with van der Waals surface area (Å²) in [7, 11) is 0. The fourth-order valence-corrected chi connectivity index (χ4v) is 3.77. The molecule has 0 bridgehead atoms. The van der Waals surface area contributed by atoms with Crippen LogP contribution in [0, 0.1) is 0 Å². The molecular formula is C25H23F3N2O5. The number of amides is 1. The van der Waals surface area contributed by atoms with E-state index in [4.69, 9.17) is 9.84 Å². The number of likely N-dealkylation sites (tertiary alicyclic amines) is 1. The Morgan fingerprint density at radius 3 is 2.51 bits per heavy atom. The second-order valence-electron chi connectivity index (χ2n) is 8.17. The first-order valence-corrected chi connectivity index (χ1v) is 10.9. The Hall–Kier alpha value is -3.47. The van der Waals surface area contributed by atoms with Crippen molar-refractivity contribution in [2.45, 2.75) is 24.8 Å². The molecule has 1 aliphatic rings. The van der Waals surface area contributed by atoms with E-state index in [1.807, 2.05) is 0 Å². The molecule has 0 radical (unpaired) electrons. The van der Waals surface area contributed by atoms with Crippen molar-refractivity contribution in [1.29, 1.82) is 0 Å². The van der Waals surface area contributed by atoms with E-state index in [0.29, 0.717) is 23.4 Å². The molecule has 35 heavy (non-hydrogen) atoms. The molecule has 0 saturated carbocycles. The van der Waals surface area contributed by atoms with Crippen LogP contribution in [0.1, 0.15) is 34.1 Å². The summed E-state index contributed by atoms with van der Waals surface area (Å²) >= 11 is 0. The molecule has 1 aromatic heterocycles. The summed E-state index contributed by atoms with van der Waals surface area (Å²) in [4.78, 5) is 18.6. The number of nitrogens with zero attached hydrogens (tertiary/aromatic N) is 2. The summed E-state index contributed by atoms with van der Waals surface area (Å²) < 4.78 is 45.7. The van der Waals surface area contributed by atoms with Gasteiger partial charge in [-0.1, -0.05) is 6.07 Å². The zero-order valence-electron chi connectivity index (χ0n) is 18.4. The van der Waals surface area contributed by atoms with Crippen LogP contribution in [-0.4, -0.2) is 56.9 Å². The van der Waals surface area contributed by atoms with E-state index in [2.05, 4.69) is 4.98 Å². The lowest BCUT2D eigenvalue weighted by atomic mass is 10.1. The highest BCUT2D eigenvalue weighted by Gasteiger charge is 2.34. The van der Waals surface area contributed by atoms with Crippen molar-refractivity contribution in [3.05, 3.63) is 77.5 Å². The zero-order valence-corrected chi connectivity index (χ0v) is 18.4. The molecule has 4 rings (SSSR count). The summed E-state index contributed by atoms with van der Waals surface area (Å²) in [5, 5.41) is 28.6. The number of halogens is 3. The minimum atomic E-state index is -4.63. The fourth-order valence-electron chi connectivity index (χ4n) is 3.77. The maximum atomic E-state index is 13.3. The number of pyridine rings is 1. The van der Waals surface area contributed by atoms with Gasteiger partial charge < -0.3 is 25.0 Å². The van der Waals surface area contributed by atoms with Crippen LogP contribution in [0.25, 0.3) is 11.3 Å². The number of alkyl halides is 3. The van der Waals surface area contributed by atoms with E-state index in [-0.39, 0.29) is 30.2 Å². The molecule has 0 aliphatic carbocycles. The Morgan fingerprint density at radius 1 is 1.14 bits per heavy atom. The molecule has 3 N–H and O–H groups in total. The first kappa shape index (κ1) is 24.6. The summed E-state index contributed by atoms with van der Waals surface area (Å²) in [6.45, 7) is -0.185. The largest absolute Gasteiger partial charge is 0.457 e. The molecule has 10 heteroatoms. The normalized spacial score (nSPS) is 16.9. The standard InChI is InChI=1S/C25H23F3N2O5/c26-25(27,28)16-6-9-23(19(12-16)24(34)30-11-10-17(32)13-30)35-18-7-4-15(5-8-18)20-2-1-3-21(29-20)22(33)14-31/h1-9,12,17,22,31-33H,10-11,13-14H2/t17-,22+/m0/s1. The van der Waals surface area contributed by atoms with E-state index in [1.165, 1.54) is 4.90 Å². The summed E-state index contributed by atoms with van der Waals surface area (Å²) in [5.74, 6) is -0.401. The number of hydrogen-bond donors (Lipinski definition) is 3. The smallest absolute Gasteiger partial charge is 0.416 e. The molecule has 1 fully saturated rings. The van der Waals surface area contributed by atoms with Gasteiger partial charge in [-0.25, -0.2) is 4.98 Å². The summed E-state index contributed by atoms with van der Waals surface area (Å²) in [6.07, 6.45) is -6.10. The number of aliphatic hydroxyl groups excluding tert-OH is 3. The first-order chi connectivity index (χ1) is 16.7. The van der Waals surface area contributed by atoms with Crippen molar-refractivity contribution in [1.82, 2.24) is 9.88 Å². The molecule has 0 unspecified atom stereocenters. The van der Waals surface area contributed by atoms with Gasteiger partial charge in [-0.3, -0.25) is 4.79 Å². The van der Waals surface area contributed by atoms with E-state index < -0.39 is 36.5 Å². The third-order valence-electron chi connectivity index (χ3n) is 5.65. The van der Waals surface area contributed by atoms with Gasteiger partial charge in [0, 0.05) is 18.7 Å². The lowest BCUT2D eigenvalue weighted by Gasteiger charge is -2.19. The van der Waals surface area contributed by atoms with Crippen LogP contribution in [-0.2, 0) is 6.18 Å². The second kappa shape index (κ2) is 10.0. The number of rotatable bonds is 6. The Labute approximate surface area is 199 Å². The molecule has 1 amide bonds. The number of carbonyl (C=O) groups excluding carboxylic acids is 1. The van der Waals surface area contributed by atoms with Crippen molar-refractivity contribution in [3.8, 4) is 22.8 Å². The first-order valence-electron chi connectivity index (χ1n) is 10.9. The van der Waals surface area contributed by atoms with Crippen molar-refractivity contribution >= 4 is 5.91 Å². The van der Waals surface area contributed by atoms with Crippen LogP contribution < -0.4 is 4.74 Å². The maximum Gasteiger partial charge on any atom is 0.416 e. The molecular weight excluding hydrogens is 465 g/mol.